The second kappa shape index (κ2) is 9.70. The first-order chi connectivity index (χ1) is 17.5. The van der Waals surface area contributed by atoms with Crippen molar-refractivity contribution in [3.8, 4) is 17.1 Å². The Morgan fingerprint density at radius 1 is 1.00 bits per heavy atom. The minimum atomic E-state index is -0.527. The number of anilines is 2. The summed E-state index contributed by atoms with van der Waals surface area (Å²) in [5.41, 5.74) is 6.13. The fourth-order valence-corrected chi connectivity index (χ4v) is 4.45. The molecule has 7 nitrogen and oxygen atoms in total. The molecule has 0 saturated carbocycles. The van der Waals surface area contributed by atoms with E-state index in [4.69, 9.17) is 14.8 Å². The smallest absolute Gasteiger partial charge is 0.255 e. The lowest BCUT2D eigenvalue weighted by molar-refractivity contribution is -0.113. The summed E-state index contributed by atoms with van der Waals surface area (Å²) in [5, 5.41) is 11.2. The molecule has 1 unspecified atom stereocenters. The third-order valence-corrected chi connectivity index (χ3v) is 6.41. The molecule has 1 atom stereocenters. The van der Waals surface area contributed by atoms with Crippen molar-refractivity contribution < 1.29 is 9.53 Å². The summed E-state index contributed by atoms with van der Waals surface area (Å²) in [7, 11) is 0. The molecular formula is C29H29N5O2. The topological polar surface area (TPSA) is 81.1 Å². The summed E-state index contributed by atoms with van der Waals surface area (Å²) in [6.07, 6.45) is 0. The van der Waals surface area contributed by atoms with Gasteiger partial charge in [-0.15, -0.1) is 5.10 Å². The van der Waals surface area contributed by atoms with Gasteiger partial charge in [-0.3, -0.25) is 4.79 Å². The molecule has 7 heteroatoms. The number of nitrogens with zero attached hydrogens (tertiary/aromatic N) is 3. The van der Waals surface area contributed by atoms with Crippen LogP contribution in [0.5, 0.6) is 5.75 Å². The first kappa shape index (κ1) is 23.4. The molecule has 3 aromatic carbocycles. The van der Waals surface area contributed by atoms with Gasteiger partial charge in [-0.25, -0.2) is 4.68 Å². The van der Waals surface area contributed by atoms with Gasteiger partial charge in [0.1, 0.15) is 11.8 Å². The number of aromatic nitrogens is 3. The highest BCUT2D eigenvalue weighted by atomic mass is 16.5. The second-order valence-electron chi connectivity index (χ2n) is 8.86. The second-order valence-corrected chi connectivity index (χ2v) is 8.86. The van der Waals surface area contributed by atoms with Crippen LogP contribution < -0.4 is 15.4 Å². The number of fused-ring (bicyclic) bond motifs is 1. The number of rotatable bonds is 6. The van der Waals surface area contributed by atoms with Crippen LogP contribution in [0.25, 0.3) is 11.4 Å². The van der Waals surface area contributed by atoms with Gasteiger partial charge in [0.2, 0.25) is 5.95 Å². The molecule has 2 heterocycles. The van der Waals surface area contributed by atoms with Crippen molar-refractivity contribution >= 4 is 17.5 Å². The van der Waals surface area contributed by atoms with E-state index in [0.29, 0.717) is 35.4 Å². The Kier molecular flexibility index (Phi) is 6.29. The average Bonchev–Trinajstić information content (AvgIpc) is 3.29. The van der Waals surface area contributed by atoms with Gasteiger partial charge in [-0.1, -0.05) is 48.5 Å². The maximum Gasteiger partial charge on any atom is 0.255 e. The highest BCUT2D eigenvalue weighted by Gasteiger charge is 2.36. The largest absolute Gasteiger partial charge is 0.494 e. The number of aryl methyl sites for hydroxylation is 2. The Morgan fingerprint density at radius 2 is 1.75 bits per heavy atom. The summed E-state index contributed by atoms with van der Waals surface area (Å²) in [4.78, 5) is 18.5. The van der Waals surface area contributed by atoms with Gasteiger partial charge < -0.3 is 15.4 Å². The van der Waals surface area contributed by atoms with Crippen molar-refractivity contribution in [3.63, 3.8) is 0 Å². The fourth-order valence-electron chi connectivity index (χ4n) is 4.45. The number of carbonyl (C=O) groups excluding carboxylic acids is 1. The molecular weight excluding hydrogens is 450 g/mol. The van der Waals surface area contributed by atoms with E-state index in [0.717, 1.165) is 16.8 Å². The number of ether oxygens (including phenoxy) is 1. The van der Waals surface area contributed by atoms with Crippen LogP contribution in [0.3, 0.4) is 0 Å². The zero-order chi connectivity index (χ0) is 25.2. The molecule has 36 heavy (non-hydrogen) atoms. The minimum absolute atomic E-state index is 0.212. The van der Waals surface area contributed by atoms with Gasteiger partial charge in [-0.05, 0) is 63.1 Å². The van der Waals surface area contributed by atoms with Crippen molar-refractivity contribution in [1.82, 2.24) is 14.8 Å². The van der Waals surface area contributed by atoms with Crippen LogP contribution in [-0.2, 0) is 4.79 Å². The van der Waals surface area contributed by atoms with Crippen LogP contribution >= 0.6 is 0 Å². The van der Waals surface area contributed by atoms with E-state index < -0.39 is 6.04 Å². The van der Waals surface area contributed by atoms with E-state index in [1.165, 1.54) is 11.1 Å². The summed E-state index contributed by atoms with van der Waals surface area (Å²) >= 11 is 0. The average molecular weight is 480 g/mol. The fraction of sp³-hybridized carbons (Fsp3) is 0.207. The predicted octanol–water partition coefficient (Wildman–Crippen LogP) is 5.89. The van der Waals surface area contributed by atoms with Crippen LogP contribution in [0.1, 0.15) is 36.6 Å². The van der Waals surface area contributed by atoms with Gasteiger partial charge in [0.05, 0.1) is 12.2 Å². The number of nitrogens with one attached hydrogen (secondary N) is 2. The molecule has 0 fully saturated rings. The lowest BCUT2D eigenvalue weighted by atomic mass is 9.94. The minimum Gasteiger partial charge on any atom is -0.494 e. The zero-order valence-electron chi connectivity index (χ0n) is 20.9. The molecule has 1 aromatic heterocycles. The monoisotopic (exact) mass is 479 g/mol. The highest BCUT2D eigenvalue weighted by Crippen LogP contribution is 2.40. The van der Waals surface area contributed by atoms with Crippen LogP contribution in [0.4, 0.5) is 11.6 Å². The summed E-state index contributed by atoms with van der Waals surface area (Å²) in [5.74, 6) is 1.67. The van der Waals surface area contributed by atoms with Crippen LogP contribution in [-0.4, -0.2) is 27.3 Å². The zero-order valence-corrected chi connectivity index (χ0v) is 20.9. The van der Waals surface area contributed by atoms with Gasteiger partial charge in [0.15, 0.2) is 5.82 Å². The van der Waals surface area contributed by atoms with E-state index in [9.17, 15) is 4.79 Å². The van der Waals surface area contributed by atoms with Crippen molar-refractivity contribution in [2.75, 3.05) is 17.2 Å². The first-order valence-corrected chi connectivity index (χ1v) is 12.1. The molecule has 1 aliphatic rings. The predicted molar refractivity (Wildman–Crippen MR) is 142 cm³/mol. The van der Waals surface area contributed by atoms with E-state index in [2.05, 4.69) is 36.6 Å². The maximum atomic E-state index is 13.7. The van der Waals surface area contributed by atoms with Crippen molar-refractivity contribution in [2.24, 2.45) is 0 Å². The van der Waals surface area contributed by atoms with E-state index in [1.807, 2.05) is 74.5 Å². The molecule has 0 bridgehead atoms. The normalized spacial score (nSPS) is 14.7. The third-order valence-electron chi connectivity index (χ3n) is 6.41. The third kappa shape index (κ3) is 4.35. The van der Waals surface area contributed by atoms with E-state index in [1.54, 1.807) is 4.68 Å². The Bertz CT molecular complexity index is 1460. The summed E-state index contributed by atoms with van der Waals surface area (Å²) in [6, 6.07) is 22.9. The van der Waals surface area contributed by atoms with Crippen molar-refractivity contribution in [3.05, 3.63) is 101 Å². The quantitative estimate of drug-likeness (QED) is 0.360. The van der Waals surface area contributed by atoms with Gasteiger partial charge in [0.25, 0.3) is 5.91 Å². The molecule has 0 saturated heterocycles. The number of para-hydroxylation sites is 2. The molecule has 1 aliphatic heterocycles. The van der Waals surface area contributed by atoms with E-state index >= 15 is 0 Å². The molecule has 0 radical (unpaired) electrons. The lowest BCUT2D eigenvalue weighted by Crippen LogP contribution is -2.31. The summed E-state index contributed by atoms with van der Waals surface area (Å²) in [6.45, 7) is 8.50. The van der Waals surface area contributed by atoms with Crippen LogP contribution in [0.2, 0.25) is 0 Å². The van der Waals surface area contributed by atoms with Crippen LogP contribution in [0, 0.1) is 13.8 Å². The molecule has 182 valence electrons. The van der Waals surface area contributed by atoms with E-state index in [-0.39, 0.29) is 5.91 Å². The molecule has 2 N–H and O–H groups in total. The number of benzene rings is 3. The summed E-state index contributed by atoms with van der Waals surface area (Å²) < 4.78 is 7.76. The Balaban J connectivity index is 1.64. The Morgan fingerprint density at radius 3 is 2.50 bits per heavy atom. The number of amides is 1. The number of carbonyl (C=O) groups is 1. The van der Waals surface area contributed by atoms with Crippen molar-refractivity contribution in [2.45, 2.75) is 33.7 Å². The Labute approximate surface area is 210 Å². The van der Waals surface area contributed by atoms with Crippen LogP contribution in [0.15, 0.2) is 84.1 Å². The lowest BCUT2D eigenvalue weighted by Gasteiger charge is -2.29. The van der Waals surface area contributed by atoms with Gasteiger partial charge in [0, 0.05) is 22.5 Å². The number of hydrogen-bond donors (Lipinski definition) is 2. The Hall–Kier alpha value is -4.39. The molecule has 4 aromatic rings. The highest BCUT2D eigenvalue weighted by molar-refractivity contribution is 6.06. The van der Waals surface area contributed by atoms with Gasteiger partial charge in [-0.2, -0.15) is 4.98 Å². The molecule has 5 rings (SSSR count). The maximum absolute atomic E-state index is 13.7. The molecule has 0 spiro atoms. The molecule has 1 amide bonds. The molecule has 0 aliphatic carbocycles. The number of hydrogen-bond acceptors (Lipinski definition) is 5. The first-order valence-electron chi connectivity index (χ1n) is 12.1. The van der Waals surface area contributed by atoms with Crippen molar-refractivity contribution in [1.29, 1.82) is 0 Å². The van der Waals surface area contributed by atoms with Gasteiger partial charge >= 0.3 is 0 Å². The standard InChI is InChI=1S/C29H29N5O2/c1-5-36-24-14-10-9-13-23(24)26-25(28(35)31-22-11-7-6-8-12-22)20(4)30-29-32-27(33-34(26)29)21-16-15-18(2)19(3)17-21/h6-17,26H,5H2,1-4H3,(H,31,35)(H,30,32,33). The SMILES string of the molecule is CCOc1ccccc1C1C(C(=O)Nc2ccccc2)=C(C)Nc2nc(-c3ccc(C)c(C)c3)nn21. The number of allylic oxidation sites excluding steroid dienone is 1.